The molecule has 1 amide bonds. The Labute approximate surface area is 165 Å². The van der Waals surface area contributed by atoms with Gasteiger partial charge in [0.25, 0.3) is 5.91 Å². The summed E-state index contributed by atoms with van der Waals surface area (Å²) in [6, 6.07) is 4.10. The third-order valence-corrected chi connectivity index (χ3v) is 5.39. The van der Waals surface area contributed by atoms with E-state index in [9.17, 15) is 4.79 Å². The second kappa shape index (κ2) is 8.71. The zero-order valence-electron chi connectivity index (χ0n) is 15.6. The van der Waals surface area contributed by atoms with E-state index in [1.807, 2.05) is 12.3 Å². The highest BCUT2D eigenvalue weighted by Crippen LogP contribution is 2.21. The van der Waals surface area contributed by atoms with E-state index >= 15 is 0 Å². The van der Waals surface area contributed by atoms with Crippen LogP contribution < -0.4 is 15.5 Å². The van der Waals surface area contributed by atoms with Crippen molar-refractivity contribution in [3.05, 3.63) is 40.8 Å². The molecule has 0 atom stereocenters. The number of carbonyl (C=O) groups excluding carboxylic acids is 1. The first-order valence-electron chi connectivity index (χ1n) is 9.45. The Balaban J connectivity index is 0.00000210. The van der Waals surface area contributed by atoms with Gasteiger partial charge < -0.3 is 15.5 Å². The normalized spacial score (nSPS) is 17.1. The lowest BCUT2D eigenvalue weighted by Crippen LogP contribution is -2.33. The third-order valence-electron chi connectivity index (χ3n) is 5.39. The lowest BCUT2D eigenvalue weighted by Gasteiger charge is -2.31. The van der Waals surface area contributed by atoms with Crippen molar-refractivity contribution in [2.45, 2.75) is 39.3 Å². The van der Waals surface area contributed by atoms with Crippen molar-refractivity contribution in [1.82, 2.24) is 25.8 Å². The molecule has 2 aromatic rings. The summed E-state index contributed by atoms with van der Waals surface area (Å²) in [4.78, 5) is 19.4. The molecule has 0 aromatic carbocycles. The first-order valence-corrected chi connectivity index (χ1v) is 9.45. The SMILES string of the molecule is CC1CCN(c2ccc(CNC(=O)c3n[nH]c4c3CNCC4)cn2)CC1.Cl. The maximum Gasteiger partial charge on any atom is 0.272 e. The lowest BCUT2D eigenvalue weighted by molar-refractivity contribution is 0.0944. The highest BCUT2D eigenvalue weighted by atomic mass is 35.5. The van der Waals surface area contributed by atoms with E-state index in [2.05, 4.69) is 43.7 Å². The Kier molecular flexibility index (Phi) is 6.34. The summed E-state index contributed by atoms with van der Waals surface area (Å²) in [6.45, 7) is 6.52. The van der Waals surface area contributed by atoms with Crippen molar-refractivity contribution in [1.29, 1.82) is 0 Å². The van der Waals surface area contributed by atoms with Crippen LogP contribution in [0, 0.1) is 5.92 Å². The Morgan fingerprint density at radius 2 is 2.15 bits per heavy atom. The maximum atomic E-state index is 12.4. The number of piperidine rings is 1. The van der Waals surface area contributed by atoms with Crippen molar-refractivity contribution in [2.24, 2.45) is 5.92 Å². The van der Waals surface area contributed by atoms with E-state index in [-0.39, 0.29) is 18.3 Å². The Morgan fingerprint density at radius 1 is 1.33 bits per heavy atom. The molecular formula is C19H27ClN6O. The zero-order valence-corrected chi connectivity index (χ0v) is 16.4. The summed E-state index contributed by atoms with van der Waals surface area (Å²) in [7, 11) is 0. The van der Waals surface area contributed by atoms with E-state index in [4.69, 9.17) is 0 Å². The molecule has 146 valence electrons. The highest BCUT2D eigenvalue weighted by molar-refractivity contribution is 5.94. The second-order valence-electron chi connectivity index (χ2n) is 7.33. The van der Waals surface area contributed by atoms with Crippen molar-refractivity contribution in [3.63, 3.8) is 0 Å². The van der Waals surface area contributed by atoms with Gasteiger partial charge in [-0.15, -0.1) is 12.4 Å². The summed E-state index contributed by atoms with van der Waals surface area (Å²) >= 11 is 0. The van der Waals surface area contributed by atoms with Gasteiger partial charge in [-0.1, -0.05) is 13.0 Å². The van der Waals surface area contributed by atoms with E-state index in [0.29, 0.717) is 18.8 Å². The number of amides is 1. The number of nitrogens with zero attached hydrogens (tertiary/aromatic N) is 3. The number of nitrogens with one attached hydrogen (secondary N) is 3. The molecule has 0 unspecified atom stereocenters. The number of carbonyl (C=O) groups is 1. The minimum absolute atomic E-state index is 0. The number of aromatic nitrogens is 3. The molecule has 0 spiro atoms. The van der Waals surface area contributed by atoms with Gasteiger partial charge in [-0.05, 0) is 30.4 Å². The van der Waals surface area contributed by atoms with Crippen molar-refractivity contribution in [2.75, 3.05) is 24.5 Å². The number of H-pyrrole nitrogens is 1. The summed E-state index contributed by atoms with van der Waals surface area (Å²) in [5.74, 6) is 1.70. The molecule has 3 N–H and O–H groups in total. The van der Waals surface area contributed by atoms with Crippen LogP contribution in [0.4, 0.5) is 5.82 Å². The zero-order chi connectivity index (χ0) is 17.9. The number of rotatable bonds is 4. The maximum absolute atomic E-state index is 12.4. The number of hydrogen-bond donors (Lipinski definition) is 3. The van der Waals surface area contributed by atoms with Crippen LogP contribution in [0.25, 0.3) is 0 Å². The number of anilines is 1. The predicted octanol–water partition coefficient (Wildman–Crippen LogP) is 2.04. The van der Waals surface area contributed by atoms with Crippen LogP contribution in [0.15, 0.2) is 18.3 Å². The van der Waals surface area contributed by atoms with Crippen LogP contribution >= 0.6 is 12.4 Å². The molecule has 8 heteroatoms. The monoisotopic (exact) mass is 390 g/mol. The lowest BCUT2D eigenvalue weighted by atomic mass is 9.99. The van der Waals surface area contributed by atoms with Crippen LogP contribution in [0.5, 0.6) is 0 Å². The third kappa shape index (κ3) is 4.42. The average molecular weight is 391 g/mol. The molecule has 7 nitrogen and oxygen atoms in total. The molecule has 27 heavy (non-hydrogen) atoms. The van der Waals surface area contributed by atoms with Crippen LogP contribution in [0.1, 0.15) is 47.1 Å². The van der Waals surface area contributed by atoms with Crippen molar-refractivity contribution < 1.29 is 4.79 Å². The fourth-order valence-electron chi connectivity index (χ4n) is 3.63. The van der Waals surface area contributed by atoms with Gasteiger partial charge in [-0.3, -0.25) is 9.89 Å². The highest BCUT2D eigenvalue weighted by Gasteiger charge is 2.21. The number of fused-ring (bicyclic) bond motifs is 1. The van der Waals surface area contributed by atoms with Gasteiger partial charge in [0.1, 0.15) is 5.82 Å². The fourth-order valence-corrected chi connectivity index (χ4v) is 3.63. The Bertz CT molecular complexity index is 767. The van der Waals surface area contributed by atoms with E-state index in [1.165, 1.54) is 12.8 Å². The standard InChI is InChI=1S/C19H26N6O.ClH/c1-13-5-8-25(9-6-13)17-3-2-14(10-21-17)11-22-19(26)18-15-12-20-7-4-16(15)23-24-18;/h2-3,10,13,20H,4-9,11-12H2,1H3,(H,22,26)(H,23,24);1H. The number of pyridine rings is 1. The molecule has 1 fully saturated rings. The quantitative estimate of drug-likeness (QED) is 0.743. The van der Waals surface area contributed by atoms with Gasteiger partial charge in [0.05, 0.1) is 0 Å². The number of hydrogen-bond acceptors (Lipinski definition) is 5. The largest absolute Gasteiger partial charge is 0.357 e. The average Bonchev–Trinajstić information content (AvgIpc) is 3.11. The molecular weight excluding hydrogens is 364 g/mol. The molecule has 0 bridgehead atoms. The van der Waals surface area contributed by atoms with Gasteiger partial charge >= 0.3 is 0 Å². The Morgan fingerprint density at radius 3 is 2.89 bits per heavy atom. The molecule has 2 aliphatic rings. The van der Waals surface area contributed by atoms with Gasteiger partial charge in [0.15, 0.2) is 5.69 Å². The summed E-state index contributed by atoms with van der Waals surface area (Å²) in [6.07, 6.45) is 5.19. The molecule has 0 saturated carbocycles. The van der Waals surface area contributed by atoms with Crippen molar-refractivity contribution >= 4 is 24.1 Å². The summed E-state index contributed by atoms with van der Waals surface area (Å²) in [5.41, 5.74) is 3.55. The topological polar surface area (TPSA) is 85.9 Å². The van der Waals surface area contributed by atoms with Gasteiger partial charge in [0, 0.05) is 56.6 Å². The number of halogens is 1. The molecule has 1 saturated heterocycles. The molecule has 0 aliphatic carbocycles. The van der Waals surface area contributed by atoms with Crippen LogP contribution in [0.3, 0.4) is 0 Å². The first-order chi connectivity index (χ1) is 12.7. The van der Waals surface area contributed by atoms with Crippen LogP contribution in [-0.2, 0) is 19.5 Å². The van der Waals surface area contributed by atoms with Gasteiger partial charge in [-0.2, -0.15) is 5.10 Å². The fraction of sp³-hybridized carbons (Fsp3) is 0.526. The summed E-state index contributed by atoms with van der Waals surface area (Å²) < 4.78 is 0. The van der Waals surface area contributed by atoms with E-state index in [0.717, 1.165) is 54.6 Å². The van der Waals surface area contributed by atoms with E-state index < -0.39 is 0 Å². The van der Waals surface area contributed by atoms with E-state index in [1.54, 1.807) is 0 Å². The molecule has 0 radical (unpaired) electrons. The second-order valence-corrected chi connectivity index (χ2v) is 7.33. The van der Waals surface area contributed by atoms with Crippen molar-refractivity contribution in [3.8, 4) is 0 Å². The minimum atomic E-state index is -0.139. The van der Waals surface area contributed by atoms with Crippen LogP contribution in [-0.4, -0.2) is 40.7 Å². The molecule has 2 aromatic heterocycles. The summed E-state index contributed by atoms with van der Waals surface area (Å²) in [5, 5.41) is 13.4. The molecule has 4 heterocycles. The van der Waals surface area contributed by atoms with Crippen LogP contribution in [0.2, 0.25) is 0 Å². The predicted molar refractivity (Wildman–Crippen MR) is 107 cm³/mol. The van der Waals surface area contributed by atoms with Gasteiger partial charge in [-0.25, -0.2) is 4.98 Å². The minimum Gasteiger partial charge on any atom is -0.357 e. The van der Waals surface area contributed by atoms with Gasteiger partial charge in [0.2, 0.25) is 0 Å². The number of aromatic amines is 1. The first kappa shape index (κ1) is 19.6. The molecule has 4 rings (SSSR count). The molecule has 2 aliphatic heterocycles. The smallest absolute Gasteiger partial charge is 0.272 e. The Hall–Kier alpha value is -2.12.